The van der Waals surface area contributed by atoms with Gasteiger partial charge in [-0.1, -0.05) is 36.4 Å². The molecular weight excluding hydrogens is 244 g/mol. The lowest BCUT2D eigenvalue weighted by Gasteiger charge is -2.21. The molecule has 0 aliphatic heterocycles. The van der Waals surface area contributed by atoms with E-state index in [1.807, 2.05) is 6.07 Å². The minimum atomic E-state index is -1.52. The third-order valence-corrected chi connectivity index (χ3v) is 3.00. The lowest BCUT2D eigenvalue weighted by molar-refractivity contribution is 0.425. The molecule has 2 aromatic carbocycles. The lowest BCUT2D eigenvalue weighted by Crippen LogP contribution is -2.35. The molecule has 0 aliphatic carbocycles. The maximum absolute atomic E-state index is 13.7. The first-order valence-corrected chi connectivity index (χ1v) is 5.99. The molecule has 0 unspecified atom stereocenters. The average molecular weight is 259 g/mol. The predicted molar refractivity (Wildman–Crippen MR) is 74.8 cm³/mol. The Morgan fingerprint density at radius 1 is 1.05 bits per heavy atom. The van der Waals surface area contributed by atoms with Gasteiger partial charge in [0.2, 0.25) is 0 Å². The minimum absolute atomic E-state index is 0.299. The average Bonchev–Trinajstić information content (AvgIpc) is 2.39. The van der Waals surface area contributed by atoms with Crippen molar-refractivity contribution in [2.45, 2.75) is 6.54 Å². The zero-order valence-corrected chi connectivity index (χ0v) is 10.6. The van der Waals surface area contributed by atoms with Gasteiger partial charge in [-0.2, -0.15) is 0 Å². The van der Waals surface area contributed by atoms with Crippen molar-refractivity contribution >= 4 is 18.3 Å². The number of para-hydroxylation sites is 1. The lowest BCUT2D eigenvalue weighted by atomic mass is 9.77. The van der Waals surface area contributed by atoms with Crippen LogP contribution in [-0.2, 0) is 6.54 Å². The molecule has 2 N–H and O–H groups in total. The van der Waals surface area contributed by atoms with E-state index >= 15 is 0 Å². The van der Waals surface area contributed by atoms with Crippen molar-refractivity contribution in [3.63, 3.8) is 0 Å². The summed E-state index contributed by atoms with van der Waals surface area (Å²) in [4.78, 5) is 1.73. The molecule has 0 amide bonds. The molecule has 98 valence electrons. The van der Waals surface area contributed by atoms with E-state index in [1.165, 1.54) is 6.07 Å². The van der Waals surface area contributed by atoms with Crippen LogP contribution in [0.3, 0.4) is 0 Å². The van der Waals surface area contributed by atoms with Gasteiger partial charge in [0.1, 0.15) is 5.82 Å². The predicted octanol–water partition coefficient (Wildman–Crippen LogP) is 1.14. The van der Waals surface area contributed by atoms with E-state index in [0.717, 1.165) is 5.56 Å². The summed E-state index contributed by atoms with van der Waals surface area (Å²) >= 11 is 0. The van der Waals surface area contributed by atoms with E-state index in [0.29, 0.717) is 17.7 Å². The van der Waals surface area contributed by atoms with Crippen molar-refractivity contribution in [3.8, 4) is 0 Å². The molecule has 0 fully saturated rings. The van der Waals surface area contributed by atoms with Crippen molar-refractivity contribution in [1.29, 1.82) is 0 Å². The minimum Gasteiger partial charge on any atom is -0.423 e. The molecule has 0 saturated heterocycles. The second kappa shape index (κ2) is 5.86. The Hall–Kier alpha value is -1.85. The Morgan fingerprint density at radius 3 is 2.37 bits per heavy atom. The van der Waals surface area contributed by atoms with E-state index in [9.17, 15) is 14.4 Å². The largest absolute Gasteiger partial charge is 0.488 e. The monoisotopic (exact) mass is 259 g/mol. The van der Waals surface area contributed by atoms with Gasteiger partial charge in [0, 0.05) is 13.6 Å². The molecule has 0 bridgehead atoms. The number of rotatable bonds is 4. The molecule has 0 aromatic heterocycles. The molecule has 0 saturated carbocycles. The van der Waals surface area contributed by atoms with Crippen molar-refractivity contribution in [2.24, 2.45) is 0 Å². The first kappa shape index (κ1) is 13.6. The first-order valence-electron chi connectivity index (χ1n) is 5.99. The molecule has 3 nitrogen and oxygen atoms in total. The van der Waals surface area contributed by atoms with Crippen LogP contribution >= 0.6 is 0 Å². The fraction of sp³-hybridized carbons (Fsp3) is 0.143. The van der Waals surface area contributed by atoms with Crippen LogP contribution in [0.4, 0.5) is 10.1 Å². The highest BCUT2D eigenvalue weighted by Gasteiger charge is 2.16. The summed E-state index contributed by atoms with van der Waals surface area (Å²) in [6.07, 6.45) is 0. The third kappa shape index (κ3) is 3.13. The van der Waals surface area contributed by atoms with E-state index in [4.69, 9.17) is 0 Å². The zero-order valence-electron chi connectivity index (χ0n) is 10.6. The van der Waals surface area contributed by atoms with Crippen LogP contribution in [0.15, 0.2) is 48.5 Å². The molecule has 0 spiro atoms. The second-order valence-electron chi connectivity index (χ2n) is 4.38. The second-order valence-corrected chi connectivity index (χ2v) is 4.38. The third-order valence-electron chi connectivity index (χ3n) is 3.00. The summed E-state index contributed by atoms with van der Waals surface area (Å²) in [6.45, 7) is 0.398. The van der Waals surface area contributed by atoms with Gasteiger partial charge in [0.15, 0.2) is 0 Å². The van der Waals surface area contributed by atoms with Crippen LogP contribution in [0.25, 0.3) is 0 Å². The highest BCUT2D eigenvalue weighted by atomic mass is 19.1. The standard InChI is InChI=1S/C14H15BFNO2/c1-17(14-9-5-4-8-13(14)16)10-11-6-2-3-7-12(11)15(18)19/h2-9,18-19H,10H2,1H3. The van der Waals surface area contributed by atoms with Gasteiger partial charge in [-0.15, -0.1) is 0 Å². The highest BCUT2D eigenvalue weighted by Crippen LogP contribution is 2.18. The van der Waals surface area contributed by atoms with Crippen LogP contribution in [0.1, 0.15) is 5.56 Å². The van der Waals surface area contributed by atoms with Crippen LogP contribution < -0.4 is 10.4 Å². The SMILES string of the molecule is CN(Cc1ccccc1B(O)O)c1ccccc1F. The maximum Gasteiger partial charge on any atom is 0.488 e. The Kier molecular flexibility index (Phi) is 4.19. The van der Waals surface area contributed by atoms with Crippen LogP contribution in [-0.4, -0.2) is 24.2 Å². The van der Waals surface area contributed by atoms with Crippen LogP contribution in [0.2, 0.25) is 0 Å². The number of hydrogen-bond donors (Lipinski definition) is 2. The first-order chi connectivity index (χ1) is 9.09. The fourth-order valence-corrected chi connectivity index (χ4v) is 2.03. The summed E-state index contributed by atoms with van der Waals surface area (Å²) in [5.41, 5.74) is 1.67. The number of halogens is 1. The summed E-state index contributed by atoms with van der Waals surface area (Å²) < 4.78 is 13.7. The molecule has 0 radical (unpaired) electrons. The van der Waals surface area contributed by atoms with Crippen LogP contribution in [0, 0.1) is 5.82 Å². The number of hydrogen-bond acceptors (Lipinski definition) is 3. The van der Waals surface area contributed by atoms with E-state index in [1.54, 1.807) is 48.3 Å². The van der Waals surface area contributed by atoms with Gasteiger partial charge in [0.05, 0.1) is 5.69 Å². The fourth-order valence-electron chi connectivity index (χ4n) is 2.03. The quantitative estimate of drug-likeness (QED) is 0.809. The topological polar surface area (TPSA) is 43.7 Å². The van der Waals surface area contributed by atoms with Crippen molar-refractivity contribution in [2.75, 3.05) is 11.9 Å². The summed E-state index contributed by atoms with van der Waals surface area (Å²) in [6, 6.07) is 13.5. The van der Waals surface area contributed by atoms with E-state index in [2.05, 4.69) is 0 Å². The van der Waals surface area contributed by atoms with Gasteiger partial charge >= 0.3 is 7.12 Å². The smallest absolute Gasteiger partial charge is 0.423 e. The molecular formula is C14H15BFNO2. The van der Waals surface area contributed by atoms with Gasteiger partial charge in [-0.25, -0.2) is 4.39 Å². The van der Waals surface area contributed by atoms with E-state index < -0.39 is 7.12 Å². The Balaban J connectivity index is 2.24. The van der Waals surface area contributed by atoms with Crippen molar-refractivity contribution in [3.05, 3.63) is 59.9 Å². The number of nitrogens with zero attached hydrogens (tertiary/aromatic N) is 1. The molecule has 19 heavy (non-hydrogen) atoms. The molecule has 2 aromatic rings. The molecule has 0 heterocycles. The molecule has 0 aliphatic rings. The van der Waals surface area contributed by atoms with Gasteiger partial charge in [0.25, 0.3) is 0 Å². The summed E-state index contributed by atoms with van der Waals surface area (Å²) in [5, 5.41) is 18.6. The van der Waals surface area contributed by atoms with Gasteiger partial charge in [-0.05, 0) is 23.2 Å². The Bertz CT molecular complexity index is 563. The molecule has 2 rings (SSSR count). The Labute approximate surface area is 112 Å². The highest BCUT2D eigenvalue weighted by molar-refractivity contribution is 6.59. The normalized spacial score (nSPS) is 10.3. The number of benzene rings is 2. The van der Waals surface area contributed by atoms with Crippen molar-refractivity contribution in [1.82, 2.24) is 0 Å². The van der Waals surface area contributed by atoms with E-state index in [-0.39, 0.29) is 5.82 Å². The Morgan fingerprint density at radius 2 is 1.68 bits per heavy atom. The summed E-state index contributed by atoms with van der Waals surface area (Å²) in [5.74, 6) is -0.299. The van der Waals surface area contributed by atoms with Gasteiger partial charge < -0.3 is 14.9 Å². The maximum atomic E-state index is 13.7. The number of anilines is 1. The summed E-state index contributed by atoms with van der Waals surface area (Å²) in [7, 11) is 0.240. The zero-order chi connectivity index (χ0) is 13.8. The van der Waals surface area contributed by atoms with Crippen molar-refractivity contribution < 1.29 is 14.4 Å². The van der Waals surface area contributed by atoms with Crippen LogP contribution in [0.5, 0.6) is 0 Å². The van der Waals surface area contributed by atoms with Gasteiger partial charge in [-0.3, -0.25) is 0 Å². The molecule has 5 heteroatoms. The molecule has 0 atom stereocenters.